The zero-order chi connectivity index (χ0) is 20.0. The van der Waals surface area contributed by atoms with Gasteiger partial charge in [-0.25, -0.2) is 9.97 Å². The molecule has 1 aliphatic heterocycles. The van der Waals surface area contributed by atoms with Crippen molar-refractivity contribution in [1.29, 1.82) is 0 Å². The van der Waals surface area contributed by atoms with Crippen molar-refractivity contribution >= 4 is 16.7 Å². The largest absolute Gasteiger partial charge is 0.491 e. The summed E-state index contributed by atoms with van der Waals surface area (Å²) in [6.07, 6.45) is 2.82. The molecule has 29 heavy (non-hydrogen) atoms. The highest BCUT2D eigenvalue weighted by molar-refractivity contribution is 5.94. The summed E-state index contributed by atoms with van der Waals surface area (Å²) in [7, 11) is 0. The molecule has 0 radical (unpaired) electrons. The molecule has 0 bridgehead atoms. The van der Waals surface area contributed by atoms with Gasteiger partial charge in [0, 0.05) is 37.0 Å². The van der Waals surface area contributed by atoms with Crippen molar-refractivity contribution in [1.82, 2.24) is 20.2 Å². The molecule has 7 heteroatoms. The predicted octanol–water partition coefficient (Wildman–Crippen LogP) is 4.27. The van der Waals surface area contributed by atoms with Gasteiger partial charge in [0.05, 0.1) is 23.9 Å². The van der Waals surface area contributed by atoms with Crippen LogP contribution in [-0.4, -0.2) is 32.8 Å². The van der Waals surface area contributed by atoms with Gasteiger partial charge in [-0.1, -0.05) is 0 Å². The van der Waals surface area contributed by atoms with Crippen LogP contribution in [0.2, 0.25) is 0 Å². The van der Waals surface area contributed by atoms with Crippen LogP contribution in [0.3, 0.4) is 0 Å². The summed E-state index contributed by atoms with van der Waals surface area (Å²) in [6.45, 7) is 7.48. The molecule has 1 aromatic carbocycles. The number of pyridine rings is 1. The maximum Gasteiger partial charge on any atom is 0.191 e. The fraction of sp³-hybridized carbons (Fsp3) is 0.318. The van der Waals surface area contributed by atoms with E-state index in [1.165, 1.54) is 0 Å². The van der Waals surface area contributed by atoms with Gasteiger partial charge < -0.3 is 14.1 Å². The minimum atomic E-state index is 0.124. The van der Waals surface area contributed by atoms with Crippen molar-refractivity contribution in [3.8, 4) is 17.0 Å². The second-order valence-electron chi connectivity index (χ2n) is 7.62. The number of oxazole rings is 1. The monoisotopic (exact) mass is 389 g/mol. The summed E-state index contributed by atoms with van der Waals surface area (Å²) < 4.78 is 11.6. The van der Waals surface area contributed by atoms with E-state index in [-0.39, 0.29) is 6.10 Å². The number of aromatic amines is 1. The molecule has 7 nitrogen and oxygen atoms in total. The van der Waals surface area contributed by atoms with Crippen LogP contribution in [0.15, 0.2) is 40.9 Å². The summed E-state index contributed by atoms with van der Waals surface area (Å²) in [5, 5.41) is 8.71. The number of fused-ring (bicyclic) bond motifs is 2. The Kier molecular flexibility index (Phi) is 4.23. The highest BCUT2D eigenvalue weighted by atomic mass is 16.5. The van der Waals surface area contributed by atoms with Crippen molar-refractivity contribution < 1.29 is 9.15 Å². The average Bonchev–Trinajstić information content (AvgIpc) is 3.29. The van der Waals surface area contributed by atoms with E-state index in [1.807, 2.05) is 51.2 Å². The van der Waals surface area contributed by atoms with Crippen LogP contribution >= 0.6 is 0 Å². The number of aromatic nitrogens is 4. The van der Waals surface area contributed by atoms with E-state index in [1.54, 1.807) is 0 Å². The van der Waals surface area contributed by atoms with Crippen molar-refractivity contribution in [2.24, 2.45) is 0 Å². The Bertz CT molecular complexity index is 1180. The Balaban J connectivity index is 1.48. The number of aryl methyl sites for hydroxylation is 1. The number of nitrogens with zero attached hydrogens (tertiary/aromatic N) is 4. The number of hydrogen-bond acceptors (Lipinski definition) is 6. The molecule has 0 fully saturated rings. The fourth-order valence-corrected chi connectivity index (χ4v) is 3.82. The topological polar surface area (TPSA) is 80.1 Å². The Morgan fingerprint density at radius 1 is 1.21 bits per heavy atom. The number of hydrogen-bond donors (Lipinski definition) is 1. The lowest BCUT2D eigenvalue weighted by molar-refractivity contribution is 0.243. The zero-order valence-electron chi connectivity index (χ0n) is 16.8. The molecule has 5 rings (SSSR count). The van der Waals surface area contributed by atoms with Gasteiger partial charge in [0.25, 0.3) is 0 Å². The average molecular weight is 389 g/mol. The van der Waals surface area contributed by atoms with Crippen LogP contribution < -0.4 is 9.64 Å². The van der Waals surface area contributed by atoms with Crippen molar-refractivity contribution in [3.63, 3.8) is 0 Å². The van der Waals surface area contributed by atoms with Gasteiger partial charge in [-0.3, -0.25) is 5.10 Å². The van der Waals surface area contributed by atoms with E-state index in [4.69, 9.17) is 9.15 Å². The van der Waals surface area contributed by atoms with Crippen LogP contribution in [0.25, 0.3) is 22.2 Å². The third-order valence-corrected chi connectivity index (χ3v) is 5.09. The molecule has 0 aliphatic carbocycles. The predicted molar refractivity (Wildman–Crippen MR) is 111 cm³/mol. The maximum atomic E-state index is 5.86. The smallest absolute Gasteiger partial charge is 0.191 e. The Morgan fingerprint density at radius 2 is 2.10 bits per heavy atom. The number of nitrogens with one attached hydrogen (secondary N) is 1. The van der Waals surface area contributed by atoms with Gasteiger partial charge in [-0.15, -0.1) is 0 Å². The molecule has 148 valence electrons. The number of rotatable bonds is 4. The SMILES string of the molecule is Cc1nc2c(o1)CN(c1cc(-c3n[nH]c4ccc(OC(C)C)cc34)ccn1)CC2. The van der Waals surface area contributed by atoms with E-state index in [0.29, 0.717) is 6.54 Å². The zero-order valence-corrected chi connectivity index (χ0v) is 16.8. The number of ether oxygens (including phenoxy) is 1. The molecule has 3 aromatic heterocycles. The molecule has 0 saturated carbocycles. The summed E-state index contributed by atoms with van der Waals surface area (Å²) in [4.78, 5) is 11.3. The summed E-state index contributed by atoms with van der Waals surface area (Å²) in [6, 6.07) is 10.1. The molecule has 0 spiro atoms. The van der Waals surface area contributed by atoms with Gasteiger partial charge in [0.2, 0.25) is 0 Å². The second kappa shape index (κ2) is 6.92. The number of anilines is 1. The summed E-state index contributed by atoms with van der Waals surface area (Å²) in [5.74, 6) is 3.41. The first-order chi connectivity index (χ1) is 14.1. The van der Waals surface area contributed by atoms with Gasteiger partial charge in [0.1, 0.15) is 23.0 Å². The van der Waals surface area contributed by atoms with E-state index in [0.717, 1.165) is 64.0 Å². The molecule has 1 N–H and O–H groups in total. The van der Waals surface area contributed by atoms with Crippen LogP contribution in [-0.2, 0) is 13.0 Å². The summed E-state index contributed by atoms with van der Waals surface area (Å²) >= 11 is 0. The molecule has 4 heterocycles. The quantitative estimate of drug-likeness (QED) is 0.561. The van der Waals surface area contributed by atoms with E-state index >= 15 is 0 Å². The molecule has 0 amide bonds. The van der Waals surface area contributed by atoms with E-state index in [2.05, 4.69) is 31.1 Å². The van der Waals surface area contributed by atoms with Crippen LogP contribution in [0.5, 0.6) is 5.75 Å². The molecule has 0 atom stereocenters. The Hall–Kier alpha value is -3.35. The Labute approximate surface area is 168 Å². The lowest BCUT2D eigenvalue weighted by Gasteiger charge is -2.26. The third kappa shape index (κ3) is 3.33. The molecular weight excluding hydrogens is 366 g/mol. The fourth-order valence-electron chi connectivity index (χ4n) is 3.82. The molecule has 1 aliphatic rings. The van der Waals surface area contributed by atoms with Gasteiger partial charge in [-0.2, -0.15) is 5.10 Å². The van der Waals surface area contributed by atoms with Crippen molar-refractivity contribution in [2.75, 3.05) is 11.4 Å². The van der Waals surface area contributed by atoms with Crippen molar-refractivity contribution in [3.05, 3.63) is 53.9 Å². The number of benzene rings is 1. The number of H-pyrrole nitrogens is 1. The van der Waals surface area contributed by atoms with Gasteiger partial charge in [0.15, 0.2) is 5.89 Å². The highest BCUT2D eigenvalue weighted by Gasteiger charge is 2.23. The maximum absolute atomic E-state index is 5.86. The third-order valence-electron chi connectivity index (χ3n) is 5.09. The first kappa shape index (κ1) is 17.7. The van der Waals surface area contributed by atoms with Crippen LogP contribution in [0.4, 0.5) is 5.82 Å². The molecule has 4 aromatic rings. The first-order valence-corrected chi connectivity index (χ1v) is 9.88. The highest BCUT2D eigenvalue weighted by Crippen LogP contribution is 2.32. The van der Waals surface area contributed by atoms with Gasteiger partial charge in [-0.05, 0) is 44.2 Å². The summed E-state index contributed by atoms with van der Waals surface area (Å²) in [5.41, 5.74) is 3.95. The second-order valence-corrected chi connectivity index (χ2v) is 7.62. The van der Waals surface area contributed by atoms with E-state index < -0.39 is 0 Å². The molecule has 0 unspecified atom stereocenters. The lowest BCUT2D eigenvalue weighted by atomic mass is 10.1. The van der Waals surface area contributed by atoms with Crippen LogP contribution in [0.1, 0.15) is 31.2 Å². The standard InChI is InChI=1S/C22H23N5O2/c1-13(2)28-16-4-5-18-17(11-16)22(26-25-18)15-6-8-23-21(10-15)27-9-7-19-20(12-27)29-14(3)24-19/h4-6,8,10-11,13H,7,9,12H2,1-3H3,(H,25,26). The Morgan fingerprint density at radius 3 is 2.97 bits per heavy atom. The first-order valence-electron chi connectivity index (χ1n) is 9.88. The normalized spacial score (nSPS) is 13.9. The van der Waals surface area contributed by atoms with E-state index in [9.17, 15) is 0 Å². The van der Waals surface area contributed by atoms with Crippen molar-refractivity contribution in [2.45, 2.75) is 39.8 Å². The van der Waals surface area contributed by atoms with Gasteiger partial charge >= 0.3 is 0 Å². The lowest BCUT2D eigenvalue weighted by Crippen LogP contribution is -2.30. The molecule has 0 saturated heterocycles. The minimum absolute atomic E-state index is 0.124. The molecular formula is C22H23N5O2. The van der Waals surface area contributed by atoms with Crippen LogP contribution in [0, 0.1) is 6.92 Å². The minimum Gasteiger partial charge on any atom is -0.491 e.